The van der Waals surface area contributed by atoms with Gasteiger partial charge in [0.25, 0.3) is 5.91 Å². The molecule has 1 unspecified atom stereocenters. The highest BCUT2D eigenvalue weighted by molar-refractivity contribution is 5.97. The lowest BCUT2D eigenvalue weighted by molar-refractivity contribution is 0.0949. The van der Waals surface area contributed by atoms with Crippen molar-refractivity contribution in [3.05, 3.63) is 34.4 Å². The van der Waals surface area contributed by atoms with Gasteiger partial charge in [0.2, 0.25) is 0 Å². The van der Waals surface area contributed by atoms with Crippen molar-refractivity contribution in [3.63, 3.8) is 0 Å². The predicted molar refractivity (Wildman–Crippen MR) is 67.8 cm³/mol. The van der Waals surface area contributed by atoms with Gasteiger partial charge in [-0.15, -0.1) is 0 Å². The zero-order valence-electron chi connectivity index (χ0n) is 10.8. The Bertz CT molecular complexity index is 449. The maximum absolute atomic E-state index is 12.0. The molecular formula is C14H18N2O. The number of nitriles is 1. The molecule has 90 valence electrons. The fourth-order valence-electron chi connectivity index (χ4n) is 1.92. The molecule has 0 bridgehead atoms. The van der Waals surface area contributed by atoms with Gasteiger partial charge in [-0.25, -0.2) is 0 Å². The van der Waals surface area contributed by atoms with Crippen molar-refractivity contribution in [3.8, 4) is 6.07 Å². The summed E-state index contributed by atoms with van der Waals surface area (Å²) in [5.74, 6) is -0.257. The summed E-state index contributed by atoms with van der Waals surface area (Å²) in [6, 6.07) is 6.09. The number of aryl methyl sites for hydroxylation is 3. The lowest BCUT2D eigenvalue weighted by Crippen LogP contribution is -2.29. The van der Waals surface area contributed by atoms with Crippen molar-refractivity contribution in [2.75, 3.05) is 6.54 Å². The van der Waals surface area contributed by atoms with Crippen LogP contribution in [0.3, 0.4) is 0 Å². The second-order valence-corrected chi connectivity index (χ2v) is 4.51. The fourth-order valence-corrected chi connectivity index (χ4v) is 1.92. The molecule has 1 rings (SSSR count). The van der Waals surface area contributed by atoms with Crippen LogP contribution in [-0.2, 0) is 0 Å². The van der Waals surface area contributed by atoms with Crippen molar-refractivity contribution in [2.24, 2.45) is 5.92 Å². The number of hydrogen-bond acceptors (Lipinski definition) is 2. The summed E-state index contributed by atoms with van der Waals surface area (Å²) in [6.07, 6.45) is 0. The molecule has 0 fully saturated rings. The number of carbonyl (C=O) groups is 1. The third kappa shape index (κ3) is 3.32. The number of nitrogens with zero attached hydrogens (tertiary/aromatic N) is 1. The Morgan fingerprint density at radius 1 is 1.35 bits per heavy atom. The van der Waals surface area contributed by atoms with Crippen LogP contribution >= 0.6 is 0 Å². The standard InChI is InChI=1S/C14H18N2O/c1-9-5-11(3)13(12(4)6-9)14(17)16-8-10(2)7-15/h5-6,10H,8H2,1-4H3,(H,16,17). The van der Waals surface area contributed by atoms with E-state index < -0.39 is 0 Å². The van der Waals surface area contributed by atoms with E-state index in [1.165, 1.54) is 0 Å². The molecule has 0 saturated heterocycles. The highest BCUT2D eigenvalue weighted by Crippen LogP contribution is 2.16. The first-order valence-corrected chi connectivity index (χ1v) is 5.71. The van der Waals surface area contributed by atoms with E-state index in [4.69, 9.17) is 5.26 Å². The number of amides is 1. The quantitative estimate of drug-likeness (QED) is 0.867. The highest BCUT2D eigenvalue weighted by atomic mass is 16.1. The molecule has 0 aliphatic heterocycles. The van der Waals surface area contributed by atoms with Crippen molar-refractivity contribution in [1.82, 2.24) is 5.32 Å². The zero-order valence-corrected chi connectivity index (χ0v) is 10.8. The minimum Gasteiger partial charge on any atom is -0.351 e. The number of benzene rings is 1. The van der Waals surface area contributed by atoms with Gasteiger partial charge in [-0.2, -0.15) is 5.26 Å². The molecule has 1 amide bonds. The van der Waals surface area contributed by atoms with E-state index in [0.29, 0.717) is 6.54 Å². The van der Waals surface area contributed by atoms with Gasteiger partial charge in [0.1, 0.15) is 0 Å². The SMILES string of the molecule is Cc1cc(C)c(C(=O)NCC(C)C#N)c(C)c1. The van der Waals surface area contributed by atoms with Crippen molar-refractivity contribution >= 4 is 5.91 Å². The van der Waals surface area contributed by atoms with Crippen LogP contribution < -0.4 is 5.32 Å². The summed E-state index contributed by atoms with van der Waals surface area (Å²) in [6.45, 7) is 8.06. The summed E-state index contributed by atoms with van der Waals surface area (Å²) < 4.78 is 0. The summed E-state index contributed by atoms with van der Waals surface area (Å²) in [7, 11) is 0. The van der Waals surface area contributed by atoms with E-state index in [-0.39, 0.29) is 11.8 Å². The molecule has 17 heavy (non-hydrogen) atoms. The van der Waals surface area contributed by atoms with E-state index in [2.05, 4.69) is 11.4 Å². The van der Waals surface area contributed by atoms with E-state index in [1.807, 2.05) is 32.9 Å². The lowest BCUT2D eigenvalue weighted by Gasteiger charge is -2.12. The molecule has 3 heteroatoms. The zero-order chi connectivity index (χ0) is 13.0. The van der Waals surface area contributed by atoms with E-state index in [1.54, 1.807) is 6.92 Å². The number of carbonyl (C=O) groups excluding carboxylic acids is 1. The molecule has 3 nitrogen and oxygen atoms in total. The number of rotatable bonds is 3. The molecule has 0 aromatic heterocycles. The molecule has 0 aliphatic carbocycles. The summed E-state index contributed by atoms with van der Waals surface area (Å²) in [5.41, 5.74) is 3.83. The maximum Gasteiger partial charge on any atom is 0.251 e. The molecule has 1 N–H and O–H groups in total. The Labute approximate surface area is 102 Å². The van der Waals surface area contributed by atoms with Crippen LogP contribution in [0.25, 0.3) is 0 Å². The average molecular weight is 230 g/mol. The topological polar surface area (TPSA) is 52.9 Å². The van der Waals surface area contributed by atoms with E-state index in [9.17, 15) is 4.79 Å². The van der Waals surface area contributed by atoms with Gasteiger partial charge in [-0.1, -0.05) is 17.7 Å². The third-order valence-corrected chi connectivity index (χ3v) is 2.69. The molecule has 0 spiro atoms. The van der Waals surface area contributed by atoms with Crippen molar-refractivity contribution < 1.29 is 4.79 Å². The van der Waals surface area contributed by atoms with E-state index >= 15 is 0 Å². The Morgan fingerprint density at radius 2 is 1.88 bits per heavy atom. The van der Waals surface area contributed by atoms with Gasteiger partial charge in [-0.05, 0) is 38.8 Å². The maximum atomic E-state index is 12.0. The summed E-state index contributed by atoms with van der Waals surface area (Å²) in [4.78, 5) is 12.0. The molecule has 0 aliphatic rings. The third-order valence-electron chi connectivity index (χ3n) is 2.69. The molecule has 0 heterocycles. The van der Waals surface area contributed by atoms with Crippen LogP contribution in [0, 0.1) is 38.0 Å². The average Bonchev–Trinajstić information content (AvgIpc) is 2.24. The first kappa shape index (κ1) is 13.2. The van der Waals surface area contributed by atoms with Gasteiger partial charge >= 0.3 is 0 Å². The molecule has 0 radical (unpaired) electrons. The van der Waals surface area contributed by atoms with Gasteiger partial charge in [-0.3, -0.25) is 4.79 Å². The van der Waals surface area contributed by atoms with E-state index in [0.717, 1.165) is 22.3 Å². The molecule has 1 aromatic rings. The van der Waals surface area contributed by atoms with Gasteiger partial charge in [0.05, 0.1) is 12.0 Å². The minimum atomic E-state index is -0.162. The second kappa shape index (κ2) is 5.49. The normalized spacial score (nSPS) is 11.7. The summed E-state index contributed by atoms with van der Waals surface area (Å²) >= 11 is 0. The number of nitrogens with one attached hydrogen (secondary N) is 1. The van der Waals surface area contributed by atoms with Crippen LogP contribution in [0.4, 0.5) is 0 Å². The lowest BCUT2D eigenvalue weighted by atomic mass is 9.99. The van der Waals surface area contributed by atoms with Crippen molar-refractivity contribution in [1.29, 1.82) is 5.26 Å². The highest BCUT2D eigenvalue weighted by Gasteiger charge is 2.13. The second-order valence-electron chi connectivity index (χ2n) is 4.51. The Hall–Kier alpha value is -1.82. The Kier molecular flexibility index (Phi) is 4.28. The minimum absolute atomic E-state index is 0.0953. The van der Waals surface area contributed by atoms with Crippen LogP contribution in [0.15, 0.2) is 12.1 Å². The van der Waals surface area contributed by atoms with Gasteiger partial charge in [0, 0.05) is 12.1 Å². The monoisotopic (exact) mass is 230 g/mol. The number of hydrogen-bond donors (Lipinski definition) is 1. The van der Waals surface area contributed by atoms with Crippen molar-refractivity contribution in [2.45, 2.75) is 27.7 Å². The van der Waals surface area contributed by atoms with Crippen LogP contribution in [0.5, 0.6) is 0 Å². The largest absolute Gasteiger partial charge is 0.351 e. The molecule has 0 saturated carbocycles. The fraction of sp³-hybridized carbons (Fsp3) is 0.429. The Balaban J connectivity index is 2.87. The van der Waals surface area contributed by atoms with Gasteiger partial charge in [0.15, 0.2) is 0 Å². The van der Waals surface area contributed by atoms with Crippen LogP contribution in [-0.4, -0.2) is 12.5 Å². The molecular weight excluding hydrogens is 212 g/mol. The van der Waals surface area contributed by atoms with Gasteiger partial charge < -0.3 is 5.32 Å². The van der Waals surface area contributed by atoms with Crippen LogP contribution in [0.2, 0.25) is 0 Å². The molecule has 1 aromatic carbocycles. The smallest absolute Gasteiger partial charge is 0.251 e. The summed E-state index contributed by atoms with van der Waals surface area (Å²) in [5, 5.41) is 11.5. The Morgan fingerprint density at radius 3 is 2.35 bits per heavy atom. The first-order valence-electron chi connectivity index (χ1n) is 5.71. The van der Waals surface area contributed by atoms with Crippen LogP contribution in [0.1, 0.15) is 34.0 Å². The molecule has 1 atom stereocenters. The first-order chi connectivity index (χ1) is 7.95. The predicted octanol–water partition coefficient (Wildman–Crippen LogP) is 2.50.